The van der Waals surface area contributed by atoms with Crippen molar-refractivity contribution in [2.75, 3.05) is 5.32 Å². The number of aliphatic imine (C=N–C) groups is 1. The molecule has 0 bridgehead atoms. The number of halogens is 3. The van der Waals surface area contributed by atoms with Gasteiger partial charge in [0.15, 0.2) is 0 Å². The van der Waals surface area contributed by atoms with Crippen LogP contribution in [0.4, 0.5) is 11.4 Å². The molecule has 0 unspecified atom stereocenters. The summed E-state index contributed by atoms with van der Waals surface area (Å²) in [5, 5.41) is 3.72. The van der Waals surface area contributed by atoms with Crippen molar-refractivity contribution in [3.8, 4) is 0 Å². The number of anilines is 1. The average Bonchev–Trinajstić information content (AvgIpc) is 2.65. The van der Waals surface area contributed by atoms with Gasteiger partial charge in [0.25, 0.3) is 5.91 Å². The van der Waals surface area contributed by atoms with Gasteiger partial charge in [-0.1, -0.05) is 39.1 Å². The van der Waals surface area contributed by atoms with Crippen molar-refractivity contribution in [2.24, 2.45) is 4.99 Å². The summed E-state index contributed by atoms with van der Waals surface area (Å²) in [5.41, 5.74) is 2.38. The number of hydrogen-bond donors (Lipinski definition) is 1. The van der Waals surface area contributed by atoms with Crippen LogP contribution in [0.1, 0.15) is 5.56 Å². The van der Waals surface area contributed by atoms with Crippen LogP contribution in [-0.4, -0.2) is 11.6 Å². The summed E-state index contributed by atoms with van der Waals surface area (Å²) in [6.45, 7) is 0. The van der Waals surface area contributed by atoms with Crippen molar-refractivity contribution in [1.29, 1.82) is 0 Å². The molecular formula is C14H7BrCl2N2O. The lowest BCUT2D eigenvalue weighted by Gasteiger charge is -2.00. The molecule has 2 aromatic carbocycles. The van der Waals surface area contributed by atoms with Gasteiger partial charge in [0.1, 0.15) is 5.71 Å². The normalized spacial score (nSPS) is 15.3. The summed E-state index contributed by atoms with van der Waals surface area (Å²) in [7, 11) is 0. The molecule has 100 valence electrons. The third-order valence-electron chi connectivity index (χ3n) is 2.79. The van der Waals surface area contributed by atoms with E-state index in [1.165, 1.54) is 0 Å². The van der Waals surface area contributed by atoms with Gasteiger partial charge in [0.05, 0.1) is 11.4 Å². The van der Waals surface area contributed by atoms with E-state index < -0.39 is 0 Å². The first kappa shape index (κ1) is 13.6. The highest BCUT2D eigenvalue weighted by Gasteiger charge is 2.26. The Morgan fingerprint density at radius 1 is 1.05 bits per heavy atom. The third-order valence-corrected chi connectivity index (χ3v) is 3.72. The van der Waals surface area contributed by atoms with Crippen LogP contribution in [0, 0.1) is 0 Å². The summed E-state index contributed by atoms with van der Waals surface area (Å²) >= 11 is 15.3. The minimum absolute atomic E-state index is 0.241. The number of hydrogen-bond acceptors (Lipinski definition) is 2. The van der Waals surface area contributed by atoms with Gasteiger partial charge in [0, 0.05) is 20.1 Å². The van der Waals surface area contributed by atoms with Gasteiger partial charge in [-0.25, -0.2) is 4.99 Å². The Hall–Kier alpha value is -1.36. The fourth-order valence-electron chi connectivity index (χ4n) is 1.97. The van der Waals surface area contributed by atoms with Gasteiger partial charge in [-0.2, -0.15) is 0 Å². The standard InChI is InChI=1S/C14H7BrCl2N2O/c15-7-1-2-12-11(3-7)13(14(20)19-12)18-10-5-8(16)4-9(17)6-10/h1-6H,(H,18,19,20). The zero-order valence-electron chi connectivity index (χ0n) is 9.95. The number of nitrogens with one attached hydrogen (secondary N) is 1. The molecule has 0 radical (unpaired) electrons. The van der Waals surface area contributed by atoms with Crippen molar-refractivity contribution in [2.45, 2.75) is 0 Å². The lowest BCUT2D eigenvalue weighted by molar-refractivity contribution is -0.110. The van der Waals surface area contributed by atoms with E-state index in [0.717, 1.165) is 15.7 Å². The Morgan fingerprint density at radius 3 is 2.45 bits per heavy atom. The summed E-state index contributed by atoms with van der Waals surface area (Å²) in [4.78, 5) is 16.4. The lowest BCUT2D eigenvalue weighted by atomic mass is 10.1. The summed E-state index contributed by atoms with van der Waals surface area (Å²) in [6, 6.07) is 10.5. The molecule has 0 aromatic heterocycles. The molecule has 20 heavy (non-hydrogen) atoms. The molecule has 1 N–H and O–H groups in total. The minimum atomic E-state index is -0.241. The molecule has 1 aliphatic heterocycles. The first-order valence-electron chi connectivity index (χ1n) is 5.69. The number of benzene rings is 2. The number of amides is 1. The van der Waals surface area contributed by atoms with Crippen LogP contribution in [0.2, 0.25) is 10.0 Å². The first-order chi connectivity index (χ1) is 9.52. The number of carbonyl (C=O) groups excluding carboxylic acids is 1. The highest BCUT2D eigenvalue weighted by Crippen LogP contribution is 2.30. The Kier molecular flexibility index (Phi) is 3.54. The topological polar surface area (TPSA) is 41.5 Å². The van der Waals surface area contributed by atoms with Crippen LogP contribution in [0.15, 0.2) is 45.9 Å². The van der Waals surface area contributed by atoms with Crippen molar-refractivity contribution in [3.05, 3.63) is 56.5 Å². The Bertz CT molecular complexity index is 739. The monoisotopic (exact) mass is 368 g/mol. The maximum absolute atomic E-state index is 12.0. The fourth-order valence-corrected chi connectivity index (χ4v) is 2.84. The van der Waals surface area contributed by atoms with Gasteiger partial charge in [0.2, 0.25) is 0 Å². The van der Waals surface area contributed by atoms with Gasteiger partial charge < -0.3 is 5.32 Å². The molecule has 0 spiro atoms. The van der Waals surface area contributed by atoms with Crippen LogP contribution in [-0.2, 0) is 4.79 Å². The highest BCUT2D eigenvalue weighted by atomic mass is 79.9. The fraction of sp³-hybridized carbons (Fsp3) is 0. The predicted molar refractivity (Wildman–Crippen MR) is 85.4 cm³/mol. The van der Waals surface area contributed by atoms with Crippen molar-refractivity contribution in [3.63, 3.8) is 0 Å². The first-order valence-corrected chi connectivity index (χ1v) is 7.24. The highest BCUT2D eigenvalue weighted by molar-refractivity contribution is 9.10. The van der Waals surface area contributed by atoms with Crippen molar-refractivity contribution in [1.82, 2.24) is 0 Å². The largest absolute Gasteiger partial charge is 0.320 e. The van der Waals surface area contributed by atoms with E-state index in [2.05, 4.69) is 26.2 Å². The SMILES string of the molecule is O=C1Nc2ccc(Br)cc2C1=Nc1cc(Cl)cc(Cl)c1. The second kappa shape index (κ2) is 5.20. The molecule has 3 rings (SSSR count). The zero-order chi connectivity index (χ0) is 14.3. The quantitative estimate of drug-likeness (QED) is 0.768. The van der Waals surface area contributed by atoms with Crippen LogP contribution in [0.25, 0.3) is 0 Å². The van der Waals surface area contributed by atoms with E-state index in [0.29, 0.717) is 21.4 Å². The maximum atomic E-state index is 12.0. The average molecular weight is 370 g/mol. The molecule has 1 heterocycles. The van der Waals surface area contributed by atoms with E-state index in [9.17, 15) is 4.79 Å². The maximum Gasteiger partial charge on any atom is 0.275 e. The number of rotatable bonds is 1. The molecule has 0 saturated carbocycles. The molecule has 0 atom stereocenters. The molecule has 1 aliphatic rings. The van der Waals surface area contributed by atoms with Crippen LogP contribution in [0.5, 0.6) is 0 Å². The predicted octanol–water partition coefficient (Wildman–Crippen LogP) is 4.83. The van der Waals surface area contributed by atoms with E-state index >= 15 is 0 Å². The van der Waals surface area contributed by atoms with Crippen LogP contribution in [0.3, 0.4) is 0 Å². The molecular weight excluding hydrogens is 363 g/mol. The molecule has 0 saturated heterocycles. The van der Waals surface area contributed by atoms with Crippen molar-refractivity contribution < 1.29 is 4.79 Å². The minimum Gasteiger partial charge on any atom is -0.320 e. The molecule has 3 nitrogen and oxygen atoms in total. The molecule has 6 heteroatoms. The Balaban J connectivity index is 2.12. The van der Waals surface area contributed by atoms with Crippen LogP contribution >= 0.6 is 39.1 Å². The van der Waals surface area contributed by atoms with Gasteiger partial charge in [-0.05, 0) is 36.4 Å². The number of nitrogens with zero attached hydrogens (tertiary/aromatic N) is 1. The van der Waals surface area contributed by atoms with Gasteiger partial charge >= 0.3 is 0 Å². The third kappa shape index (κ3) is 2.59. The van der Waals surface area contributed by atoms with Crippen LogP contribution < -0.4 is 5.32 Å². The van der Waals surface area contributed by atoms with E-state index in [4.69, 9.17) is 23.2 Å². The zero-order valence-corrected chi connectivity index (χ0v) is 13.1. The van der Waals surface area contributed by atoms with E-state index in [1.54, 1.807) is 18.2 Å². The van der Waals surface area contributed by atoms with Crippen molar-refractivity contribution >= 4 is 62.1 Å². The number of carbonyl (C=O) groups is 1. The molecule has 2 aromatic rings. The Morgan fingerprint density at radius 2 is 1.75 bits per heavy atom. The van der Waals surface area contributed by atoms with E-state index in [1.807, 2.05) is 18.2 Å². The molecule has 0 aliphatic carbocycles. The second-order valence-electron chi connectivity index (χ2n) is 4.23. The van der Waals surface area contributed by atoms with Gasteiger partial charge in [-0.3, -0.25) is 4.79 Å². The summed E-state index contributed by atoms with van der Waals surface area (Å²) < 4.78 is 0.879. The lowest BCUT2D eigenvalue weighted by Crippen LogP contribution is -2.13. The van der Waals surface area contributed by atoms with Gasteiger partial charge in [-0.15, -0.1) is 0 Å². The molecule has 1 amide bonds. The summed E-state index contributed by atoms with van der Waals surface area (Å²) in [6.07, 6.45) is 0. The molecule has 0 fully saturated rings. The second-order valence-corrected chi connectivity index (χ2v) is 6.02. The number of fused-ring (bicyclic) bond motifs is 1. The smallest absolute Gasteiger partial charge is 0.275 e. The van der Waals surface area contributed by atoms with E-state index in [-0.39, 0.29) is 5.91 Å². The Labute approximate surface area is 133 Å². The summed E-state index contributed by atoms with van der Waals surface area (Å²) in [5.74, 6) is -0.241.